The average Bonchev–Trinajstić information content (AvgIpc) is 2.08. The van der Waals surface area contributed by atoms with Crippen LogP contribution in [-0.2, 0) is 0 Å². The molecule has 0 radical (unpaired) electrons. The molecule has 1 aromatic rings. The summed E-state index contributed by atoms with van der Waals surface area (Å²) in [7, 11) is 0. The van der Waals surface area contributed by atoms with Crippen LogP contribution in [0, 0.1) is 20.2 Å². The molecule has 0 spiro atoms. The van der Waals surface area contributed by atoms with Gasteiger partial charge in [-0.1, -0.05) is 0 Å². The fraction of sp³-hybridized carbons (Fsp3) is 0. The lowest BCUT2D eigenvalue weighted by Crippen LogP contribution is -1.96. The predicted octanol–water partition coefficient (Wildman–Crippen LogP) is 1.37. The van der Waals surface area contributed by atoms with Gasteiger partial charge in [0.25, 0.3) is 10.4 Å². The van der Waals surface area contributed by atoms with Gasteiger partial charge in [-0.15, -0.1) is 0 Å². The Balaban J connectivity index is 3.43. The van der Waals surface area contributed by atoms with Crippen LogP contribution in [0.15, 0.2) is 10.7 Å². The van der Waals surface area contributed by atoms with Crippen LogP contribution < -0.4 is 0 Å². The number of pyridine rings is 1. The highest BCUT2D eigenvalue weighted by molar-refractivity contribution is 9.10. The largest absolute Gasteiger partial charge is 0.499 e. The summed E-state index contributed by atoms with van der Waals surface area (Å²) < 4.78 is -0.335. The topological polar surface area (TPSA) is 119 Å². The summed E-state index contributed by atoms with van der Waals surface area (Å²) in [6.07, 6.45) is 0. The van der Waals surface area contributed by atoms with Crippen LogP contribution >= 0.6 is 15.9 Å². The van der Waals surface area contributed by atoms with Crippen molar-refractivity contribution in [2.45, 2.75) is 0 Å². The first kappa shape index (κ1) is 10.3. The van der Waals surface area contributed by atoms with Crippen molar-refractivity contribution in [3.8, 4) is 5.75 Å². The Labute approximate surface area is 84.6 Å². The highest BCUT2D eigenvalue weighted by Gasteiger charge is 2.25. The summed E-state index contributed by atoms with van der Waals surface area (Å²) in [4.78, 5) is 22.0. The molecule has 8 nitrogen and oxygen atoms in total. The molecule has 0 aliphatic heterocycles. The molecule has 9 heteroatoms. The minimum absolute atomic E-state index is 0.335. The van der Waals surface area contributed by atoms with Crippen molar-refractivity contribution in [2.24, 2.45) is 0 Å². The summed E-state index contributed by atoms with van der Waals surface area (Å²) in [5, 5.41) is 29.7. The second-order valence-corrected chi connectivity index (χ2v) is 2.90. The van der Waals surface area contributed by atoms with E-state index in [1.165, 1.54) is 0 Å². The molecule has 0 fully saturated rings. The van der Waals surface area contributed by atoms with Gasteiger partial charge in [-0.3, -0.25) is 10.1 Å². The molecule has 0 aliphatic carbocycles. The zero-order chi connectivity index (χ0) is 10.9. The van der Waals surface area contributed by atoms with Crippen LogP contribution in [0.1, 0.15) is 0 Å². The van der Waals surface area contributed by atoms with Crippen molar-refractivity contribution >= 4 is 27.4 Å². The molecule has 0 saturated heterocycles. The van der Waals surface area contributed by atoms with Crippen molar-refractivity contribution in [1.82, 2.24) is 4.98 Å². The van der Waals surface area contributed by atoms with Gasteiger partial charge in [0.15, 0.2) is 0 Å². The van der Waals surface area contributed by atoms with Crippen LogP contribution in [-0.4, -0.2) is 19.9 Å². The molecular weight excluding hydrogens is 262 g/mol. The first-order chi connectivity index (χ1) is 6.43. The maximum absolute atomic E-state index is 10.3. The molecule has 0 saturated carbocycles. The summed E-state index contributed by atoms with van der Waals surface area (Å²) in [5.74, 6) is -1.44. The molecule has 1 N–H and O–H groups in total. The molecule has 0 aromatic carbocycles. The van der Waals surface area contributed by atoms with Crippen LogP contribution in [0.25, 0.3) is 0 Å². The average molecular weight is 264 g/mol. The standard InChI is InChI=1S/C5H2BrN3O5/c6-5-4(10)2(8(11)12)1-3(7-5)9(13)14/h1,10H. The third kappa shape index (κ3) is 1.76. The quantitative estimate of drug-likeness (QED) is 0.489. The summed E-state index contributed by atoms with van der Waals surface area (Å²) in [5.41, 5.74) is -0.765. The van der Waals surface area contributed by atoms with E-state index in [4.69, 9.17) is 5.11 Å². The monoisotopic (exact) mass is 263 g/mol. The Hall–Kier alpha value is -1.77. The first-order valence-electron chi connectivity index (χ1n) is 3.11. The van der Waals surface area contributed by atoms with Gasteiger partial charge < -0.3 is 15.2 Å². The van der Waals surface area contributed by atoms with Gasteiger partial charge in [0.1, 0.15) is 6.07 Å². The van der Waals surface area contributed by atoms with E-state index in [1.54, 1.807) is 0 Å². The predicted molar refractivity (Wildman–Crippen MR) is 46.9 cm³/mol. The highest BCUT2D eigenvalue weighted by Crippen LogP contribution is 2.34. The normalized spacial score (nSPS) is 9.79. The van der Waals surface area contributed by atoms with Gasteiger partial charge in [0, 0.05) is 15.9 Å². The van der Waals surface area contributed by atoms with E-state index in [1.807, 2.05) is 0 Å². The van der Waals surface area contributed by atoms with E-state index in [9.17, 15) is 20.2 Å². The van der Waals surface area contributed by atoms with E-state index >= 15 is 0 Å². The van der Waals surface area contributed by atoms with E-state index in [2.05, 4.69) is 20.9 Å². The van der Waals surface area contributed by atoms with Gasteiger partial charge in [-0.05, 0) is 9.91 Å². The third-order valence-electron chi connectivity index (χ3n) is 1.30. The lowest BCUT2D eigenvalue weighted by molar-refractivity contribution is -0.397. The molecule has 1 rings (SSSR count). The Bertz CT molecular complexity index is 420. The van der Waals surface area contributed by atoms with E-state index in [0.717, 1.165) is 0 Å². The Morgan fingerprint density at radius 1 is 1.36 bits per heavy atom. The van der Waals surface area contributed by atoms with Crippen molar-refractivity contribution in [2.75, 3.05) is 0 Å². The van der Waals surface area contributed by atoms with Crippen molar-refractivity contribution in [3.63, 3.8) is 0 Å². The number of hydrogen-bond acceptors (Lipinski definition) is 6. The summed E-state index contributed by atoms with van der Waals surface area (Å²) in [6, 6.07) is 0.583. The van der Waals surface area contributed by atoms with Crippen molar-refractivity contribution < 1.29 is 15.0 Å². The molecule has 1 heterocycles. The van der Waals surface area contributed by atoms with Gasteiger partial charge in [0.2, 0.25) is 0 Å². The van der Waals surface area contributed by atoms with Crippen molar-refractivity contribution in [1.29, 1.82) is 0 Å². The minimum Gasteiger partial charge on any atom is -0.499 e. The Morgan fingerprint density at radius 3 is 2.36 bits per heavy atom. The zero-order valence-corrected chi connectivity index (χ0v) is 7.96. The van der Waals surface area contributed by atoms with Gasteiger partial charge in [0.05, 0.1) is 4.92 Å². The maximum atomic E-state index is 10.3. The number of nitrogens with zero attached hydrogens (tertiary/aromatic N) is 3. The smallest absolute Gasteiger partial charge is 0.371 e. The number of aromatic nitrogens is 1. The van der Waals surface area contributed by atoms with E-state index in [0.29, 0.717) is 6.07 Å². The van der Waals surface area contributed by atoms with Crippen molar-refractivity contribution in [3.05, 3.63) is 30.9 Å². The molecule has 0 aliphatic rings. The second kappa shape index (κ2) is 3.54. The second-order valence-electron chi connectivity index (χ2n) is 2.15. The van der Waals surface area contributed by atoms with Gasteiger partial charge in [-0.25, -0.2) is 0 Å². The number of hydrogen-bond donors (Lipinski definition) is 1. The SMILES string of the molecule is O=[N+]([O-])c1cc([N+](=O)[O-])c(O)c(Br)n1. The van der Waals surface area contributed by atoms with Crippen LogP contribution in [0.4, 0.5) is 11.5 Å². The summed E-state index contributed by atoms with van der Waals surface area (Å²) >= 11 is 2.66. The number of nitro groups is 2. The zero-order valence-electron chi connectivity index (χ0n) is 6.38. The number of aromatic hydroxyl groups is 1. The van der Waals surface area contributed by atoms with Crippen LogP contribution in [0.3, 0.4) is 0 Å². The lowest BCUT2D eigenvalue weighted by Gasteiger charge is -1.96. The Morgan fingerprint density at radius 2 is 1.93 bits per heavy atom. The molecule has 0 atom stereocenters. The van der Waals surface area contributed by atoms with Gasteiger partial charge in [-0.2, -0.15) is 0 Å². The van der Waals surface area contributed by atoms with E-state index < -0.39 is 27.1 Å². The molecule has 0 bridgehead atoms. The van der Waals surface area contributed by atoms with Gasteiger partial charge >= 0.3 is 11.5 Å². The fourth-order valence-corrected chi connectivity index (χ4v) is 1.10. The Kier molecular flexibility index (Phi) is 2.60. The maximum Gasteiger partial charge on any atom is 0.371 e. The third-order valence-corrected chi connectivity index (χ3v) is 1.85. The molecule has 14 heavy (non-hydrogen) atoms. The molecule has 74 valence electrons. The molecular formula is C5H2BrN3O5. The molecule has 0 amide bonds. The fourth-order valence-electron chi connectivity index (χ4n) is 0.715. The summed E-state index contributed by atoms with van der Waals surface area (Å²) in [6.45, 7) is 0. The van der Waals surface area contributed by atoms with E-state index in [-0.39, 0.29) is 4.60 Å². The van der Waals surface area contributed by atoms with Crippen LogP contribution in [0.5, 0.6) is 5.75 Å². The highest BCUT2D eigenvalue weighted by atomic mass is 79.9. The van der Waals surface area contributed by atoms with Crippen LogP contribution in [0.2, 0.25) is 0 Å². The lowest BCUT2D eigenvalue weighted by atomic mass is 10.4. The first-order valence-corrected chi connectivity index (χ1v) is 3.91. The number of rotatable bonds is 2. The molecule has 1 aromatic heterocycles. The number of halogens is 1. The molecule has 0 unspecified atom stereocenters. The minimum atomic E-state index is -0.936.